The number of aromatic nitrogens is 4. The number of nitrogens with one attached hydrogen (secondary N) is 1. The molecule has 0 atom stereocenters. The molecule has 2 aromatic rings. The topological polar surface area (TPSA) is 83.8 Å². The van der Waals surface area contributed by atoms with Crippen molar-refractivity contribution < 1.29 is 5.11 Å². The smallest absolute Gasteiger partial charge is 0.258 e. The van der Waals surface area contributed by atoms with Crippen molar-refractivity contribution >= 4 is 0 Å². The molecule has 0 saturated heterocycles. The summed E-state index contributed by atoms with van der Waals surface area (Å²) in [6.45, 7) is 0. The van der Waals surface area contributed by atoms with E-state index in [-0.39, 0.29) is 17.4 Å². The largest absolute Gasteiger partial charge is 0.493 e. The van der Waals surface area contributed by atoms with Crippen molar-refractivity contribution in [1.82, 2.24) is 19.7 Å². The second-order valence-electron chi connectivity index (χ2n) is 5.01. The standard InChI is InChI=1S/C13H16N4O2/c1-17-7-6-9(16-17)11-14-12(18)10(13(19)15-11)8-4-2-3-5-8/h6-8H,2-5H2,1H3,(H2,14,15,18,19). The van der Waals surface area contributed by atoms with Crippen molar-refractivity contribution in [1.29, 1.82) is 0 Å². The van der Waals surface area contributed by atoms with Gasteiger partial charge in [-0.2, -0.15) is 10.1 Å². The summed E-state index contributed by atoms with van der Waals surface area (Å²) >= 11 is 0. The number of hydrogen-bond acceptors (Lipinski definition) is 4. The van der Waals surface area contributed by atoms with Crippen LogP contribution in [0.15, 0.2) is 17.1 Å². The molecular weight excluding hydrogens is 244 g/mol. The Morgan fingerprint density at radius 2 is 2.16 bits per heavy atom. The van der Waals surface area contributed by atoms with Crippen LogP contribution >= 0.6 is 0 Å². The average Bonchev–Trinajstić information content (AvgIpc) is 2.99. The molecule has 6 heteroatoms. The van der Waals surface area contributed by atoms with Crippen molar-refractivity contribution in [2.24, 2.45) is 7.05 Å². The Labute approximate surface area is 110 Å². The second-order valence-corrected chi connectivity index (χ2v) is 5.01. The maximum Gasteiger partial charge on any atom is 0.258 e. The molecule has 100 valence electrons. The number of nitrogens with zero attached hydrogens (tertiary/aromatic N) is 3. The lowest BCUT2D eigenvalue weighted by Gasteiger charge is -2.10. The van der Waals surface area contributed by atoms with Crippen LogP contribution in [0.5, 0.6) is 5.88 Å². The Kier molecular flexibility index (Phi) is 2.85. The first-order valence-corrected chi connectivity index (χ1v) is 6.48. The van der Waals surface area contributed by atoms with E-state index in [9.17, 15) is 9.90 Å². The third-order valence-corrected chi connectivity index (χ3v) is 3.65. The lowest BCUT2D eigenvalue weighted by molar-refractivity contribution is 0.436. The van der Waals surface area contributed by atoms with E-state index in [1.807, 2.05) is 0 Å². The van der Waals surface area contributed by atoms with E-state index in [1.54, 1.807) is 24.0 Å². The highest BCUT2D eigenvalue weighted by Crippen LogP contribution is 2.35. The molecule has 1 aliphatic carbocycles. The van der Waals surface area contributed by atoms with Crippen molar-refractivity contribution in [2.45, 2.75) is 31.6 Å². The molecule has 0 aliphatic heterocycles. The molecule has 2 heterocycles. The maximum absolute atomic E-state index is 12.1. The molecule has 1 fully saturated rings. The Balaban J connectivity index is 2.04. The normalized spacial score (nSPS) is 16.1. The van der Waals surface area contributed by atoms with Gasteiger partial charge in [0.2, 0.25) is 5.88 Å². The molecule has 2 aromatic heterocycles. The van der Waals surface area contributed by atoms with Gasteiger partial charge in [-0.05, 0) is 24.8 Å². The van der Waals surface area contributed by atoms with E-state index in [2.05, 4.69) is 15.1 Å². The molecule has 0 unspecified atom stereocenters. The zero-order chi connectivity index (χ0) is 13.4. The summed E-state index contributed by atoms with van der Waals surface area (Å²) in [5.74, 6) is 0.287. The van der Waals surface area contributed by atoms with Gasteiger partial charge in [0.25, 0.3) is 5.56 Å². The molecule has 1 saturated carbocycles. The number of aryl methyl sites for hydroxylation is 1. The van der Waals surface area contributed by atoms with Gasteiger partial charge in [-0.3, -0.25) is 9.48 Å². The van der Waals surface area contributed by atoms with Crippen molar-refractivity contribution in [3.8, 4) is 17.4 Å². The van der Waals surface area contributed by atoms with E-state index in [1.165, 1.54) is 0 Å². The highest BCUT2D eigenvalue weighted by molar-refractivity contribution is 5.49. The van der Waals surface area contributed by atoms with Crippen LogP contribution in [-0.4, -0.2) is 24.9 Å². The van der Waals surface area contributed by atoms with Gasteiger partial charge in [0.15, 0.2) is 5.82 Å². The summed E-state index contributed by atoms with van der Waals surface area (Å²) in [6, 6.07) is 1.74. The van der Waals surface area contributed by atoms with E-state index < -0.39 is 0 Å². The first kappa shape index (κ1) is 12.0. The first-order valence-electron chi connectivity index (χ1n) is 6.48. The van der Waals surface area contributed by atoms with E-state index in [0.717, 1.165) is 25.7 Å². The molecule has 0 spiro atoms. The Morgan fingerprint density at radius 3 is 2.74 bits per heavy atom. The van der Waals surface area contributed by atoms with Gasteiger partial charge in [-0.25, -0.2) is 0 Å². The molecule has 0 aromatic carbocycles. The molecular formula is C13H16N4O2. The summed E-state index contributed by atoms with van der Waals surface area (Å²) in [5.41, 5.74) is 0.727. The minimum atomic E-state index is -0.250. The zero-order valence-electron chi connectivity index (χ0n) is 10.8. The van der Waals surface area contributed by atoms with E-state index >= 15 is 0 Å². The fourth-order valence-electron chi connectivity index (χ4n) is 2.72. The monoisotopic (exact) mass is 260 g/mol. The lowest BCUT2D eigenvalue weighted by atomic mass is 10.00. The molecule has 2 N–H and O–H groups in total. The van der Waals surface area contributed by atoms with Gasteiger partial charge in [-0.15, -0.1) is 0 Å². The SMILES string of the molecule is Cn1ccc(-c2nc(O)c(C3CCCC3)c(=O)[nH]2)n1. The molecule has 6 nitrogen and oxygen atoms in total. The minimum absolute atomic E-state index is 0.133. The van der Waals surface area contributed by atoms with Gasteiger partial charge >= 0.3 is 0 Å². The molecule has 0 amide bonds. The fourth-order valence-corrected chi connectivity index (χ4v) is 2.72. The number of H-pyrrole nitrogens is 1. The van der Waals surface area contributed by atoms with Gasteiger partial charge in [-0.1, -0.05) is 12.8 Å². The highest BCUT2D eigenvalue weighted by atomic mass is 16.3. The van der Waals surface area contributed by atoms with Gasteiger partial charge in [0, 0.05) is 13.2 Å². The van der Waals surface area contributed by atoms with Crippen LogP contribution in [0.4, 0.5) is 0 Å². The van der Waals surface area contributed by atoms with Crippen molar-refractivity contribution in [2.75, 3.05) is 0 Å². The van der Waals surface area contributed by atoms with Crippen LogP contribution in [0.25, 0.3) is 11.5 Å². The fraction of sp³-hybridized carbons (Fsp3) is 0.462. The summed E-state index contributed by atoms with van der Waals surface area (Å²) in [4.78, 5) is 18.9. The van der Waals surface area contributed by atoms with Crippen LogP contribution in [0.1, 0.15) is 37.2 Å². The van der Waals surface area contributed by atoms with Crippen molar-refractivity contribution in [3.05, 3.63) is 28.2 Å². The van der Waals surface area contributed by atoms with Crippen LogP contribution in [0.2, 0.25) is 0 Å². The number of hydrogen-bond donors (Lipinski definition) is 2. The first-order chi connectivity index (χ1) is 9.15. The summed E-state index contributed by atoms with van der Waals surface area (Å²) in [5, 5.41) is 14.2. The van der Waals surface area contributed by atoms with Crippen molar-refractivity contribution in [3.63, 3.8) is 0 Å². The quantitative estimate of drug-likeness (QED) is 0.857. The predicted octanol–water partition coefficient (Wildman–Crippen LogP) is 1.53. The Hall–Kier alpha value is -2.11. The second kappa shape index (κ2) is 4.53. The maximum atomic E-state index is 12.1. The molecule has 0 bridgehead atoms. The van der Waals surface area contributed by atoms with Crippen LogP contribution < -0.4 is 5.56 Å². The van der Waals surface area contributed by atoms with Crippen LogP contribution in [0.3, 0.4) is 0 Å². The molecule has 19 heavy (non-hydrogen) atoms. The third kappa shape index (κ3) is 2.14. The molecule has 1 aliphatic rings. The average molecular weight is 260 g/mol. The van der Waals surface area contributed by atoms with E-state index in [4.69, 9.17) is 0 Å². The molecule has 0 radical (unpaired) electrons. The van der Waals surface area contributed by atoms with Gasteiger partial charge in [0.05, 0.1) is 5.56 Å². The zero-order valence-corrected chi connectivity index (χ0v) is 10.8. The van der Waals surface area contributed by atoms with E-state index in [0.29, 0.717) is 17.1 Å². The number of aromatic amines is 1. The Bertz CT molecular complexity index is 653. The molecule has 3 rings (SSSR count). The third-order valence-electron chi connectivity index (χ3n) is 3.65. The predicted molar refractivity (Wildman–Crippen MR) is 69.9 cm³/mol. The van der Waals surface area contributed by atoms with Gasteiger partial charge < -0.3 is 10.1 Å². The Morgan fingerprint density at radius 1 is 1.42 bits per heavy atom. The van der Waals surface area contributed by atoms with Crippen LogP contribution in [0, 0.1) is 0 Å². The minimum Gasteiger partial charge on any atom is -0.493 e. The summed E-state index contributed by atoms with van der Waals surface area (Å²) < 4.78 is 1.62. The van der Waals surface area contributed by atoms with Gasteiger partial charge in [0.1, 0.15) is 5.69 Å². The number of aromatic hydroxyl groups is 1. The summed E-state index contributed by atoms with van der Waals surface area (Å²) in [7, 11) is 1.79. The summed E-state index contributed by atoms with van der Waals surface area (Å²) in [6.07, 6.45) is 5.86. The van der Waals surface area contributed by atoms with Crippen LogP contribution in [-0.2, 0) is 7.05 Å². The highest BCUT2D eigenvalue weighted by Gasteiger charge is 2.25. The number of rotatable bonds is 2. The lowest BCUT2D eigenvalue weighted by Crippen LogP contribution is -2.17.